The number of nitrogens with zero attached hydrogens (tertiary/aromatic N) is 2. The number of aromatic nitrogens is 1. The first-order chi connectivity index (χ1) is 12.3. The molecule has 0 saturated heterocycles. The van der Waals surface area contributed by atoms with Crippen LogP contribution in [0.3, 0.4) is 0 Å². The number of para-hydroxylation sites is 1. The Labute approximate surface area is 148 Å². The van der Waals surface area contributed by atoms with Crippen molar-refractivity contribution in [1.82, 2.24) is 4.57 Å². The maximum atomic E-state index is 12.7. The summed E-state index contributed by atoms with van der Waals surface area (Å²) in [5.74, 6) is 0.637. The summed E-state index contributed by atoms with van der Waals surface area (Å²) in [6.45, 7) is 0. The maximum Gasteiger partial charge on any atom is 0.256 e. The molecule has 130 valence electrons. The molecule has 1 fully saturated rings. The summed E-state index contributed by atoms with van der Waals surface area (Å²) in [4.78, 5) is 17.5. The molecule has 0 N–H and O–H groups in total. The lowest BCUT2D eigenvalue weighted by molar-refractivity contribution is 0.0964. The Bertz CT molecular complexity index is 814. The molecule has 25 heavy (non-hydrogen) atoms. The van der Waals surface area contributed by atoms with Crippen molar-refractivity contribution in [2.45, 2.75) is 38.1 Å². The zero-order valence-corrected chi connectivity index (χ0v) is 14.6. The standard InChI is InChI=1S/C21H24N2O2/c1-25-19-12-6-5-9-17(19)14-15-21(24)23-16-8-7-13-20(23)22-18-10-3-2-4-11-18/h5-9,12-16,18H,2-4,10-11H2,1H3/b15-14+,22-20?. The quantitative estimate of drug-likeness (QED) is 0.790. The number of rotatable bonds is 4. The van der Waals surface area contributed by atoms with E-state index in [1.54, 1.807) is 30.0 Å². The fraction of sp³-hybridized carbons (Fsp3) is 0.333. The minimum absolute atomic E-state index is 0.110. The topological polar surface area (TPSA) is 43.6 Å². The Morgan fingerprint density at radius 3 is 2.68 bits per heavy atom. The van der Waals surface area contributed by atoms with Gasteiger partial charge in [0.15, 0.2) is 0 Å². The van der Waals surface area contributed by atoms with Gasteiger partial charge in [0.2, 0.25) is 0 Å². The first-order valence-corrected chi connectivity index (χ1v) is 8.85. The average Bonchev–Trinajstić information content (AvgIpc) is 2.67. The van der Waals surface area contributed by atoms with Crippen molar-refractivity contribution >= 4 is 12.0 Å². The van der Waals surface area contributed by atoms with Gasteiger partial charge in [0.05, 0.1) is 13.2 Å². The molecule has 1 saturated carbocycles. The van der Waals surface area contributed by atoms with Crippen LogP contribution in [0, 0.1) is 0 Å². The van der Waals surface area contributed by atoms with E-state index in [0.717, 1.165) is 29.6 Å². The molecule has 1 heterocycles. The van der Waals surface area contributed by atoms with Crippen LogP contribution >= 0.6 is 0 Å². The van der Waals surface area contributed by atoms with Crippen molar-refractivity contribution in [3.05, 3.63) is 65.8 Å². The number of methoxy groups -OCH3 is 1. The highest BCUT2D eigenvalue weighted by atomic mass is 16.5. The highest BCUT2D eigenvalue weighted by Crippen LogP contribution is 2.20. The number of carbonyl (C=O) groups is 1. The number of hydrogen-bond acceptors (Lipinski definition) is 3. The van der Waals surface area contributed by atoms with Crippen LogP contribution in [0.2, 0.25) is 0 Å². The molecule has 4 nitrogen and oxygen atoms in total. The monoisotopic (exact) mass is 336 g/mol. The highest BCUT2D eigenvalue weighted by molar-refractivity contribution is 5.93. The van der Waals surface area contributed by atoms with E-state index < -0.39 is 0 Å². The molecule has 2 aromatic rings. The summed E-state index contributed by atoms with van der Waals surface area (Å²) in [7, 11) is 1.63. The largest absolute Gasteiger partial charge is 0.496 e. The summed E-state index contributed by atoms with van der Waals surface area (Å²) in [6, 6.07) is 13.6. The van der Waals surface area contributed by atoms with E-state index in [-0.39, 0.29) is 5.91 Å². The Balaban J connectivity index is 1.85. The second-order valence-electron chi connectivity index (χ2n) is 6.26. The molecule has 1 aliphatic rings. The smallest absolute Gasteiger partial charge is 0.256 e. The predicted octanol–water partition coefficient (Wildman–Crippen LogP) is 4.08. The average molecular weight is 336 g/mol. The molecule has 0 radical (unpaired) electrons. The van der Waals surface area contributed by atoms with Crippen molar-refractivity contribution < 1.29 is 9.53 Å². The summed E-state index contributed by atoms with van der Waals surface area (Å²) in [6.07, 6.45) is 11.1. The van der Waals surface area contributed by atoms with Gasteiger partial charge in [0, 0.05) is 17.8 Å². The molecule has 0 bridgehead atoms. The molecule has 0 aliphatic heterocycles. The lowest BCUT2D eigenvalue weighted by atomic mass is 9.96. The van der Waals surface area contributed by atoms with Crippen molar-refractivity contribution in [1.29, 1.82) is 0 Å². The second-order valence-corrected chi connectivity index (χ2v) is 6.26. The lowest BCUT2D eigenvalue weighted by Gasteiger charge is -2.17. The van der Waals surface area contributed by atoms with Gasteiger partial charge >= 0.3 is 0 Å². The van der Waals surface area contributed by atoms with E-state index in [1.165, 1.54) is 19.3 Å². The minimum Gasteiger partial charge on any atom is -0.496 e. The third kappa shape index (κ3) is 4.47. The third-order valence-electron chi connectivity index (χ3n) is 4.51. The van der Waals surface area contributed by atoms with Crippen LogP contribution in [0.1, 0.15) is 42.5 Å². The second kappa shape index (κ2) is 8.47. The molecular formula is C21H24N2O2. The molecule has 1 aliphatic carbocycles. The van der Waals surface area contributed by atoms with E-state index >= 15 is 0 Å². The summed E-state index contributed by atoms with van der Waals surface area (Å²) >= 11 is 0. The number of pyridine rings is 1. The first-order valence-electron chi connectivity index (χ1n) is 8.85. The Morgan fingerprint density at radius 1 is 1.12 bits per heavy atom. The zero-order chi connectivity index (χ0) is 17.5. The normalized spacial score (nSPS) is 16.3. The van der Waals surface area contributed by atoms with Gasteiger partial charge in [-0.1, -0.05) is 43.5 Å². The van der Waals surface area contributed by atoms with Gasteiger partial charge in [-0.05, 0) is 37.1 Å². The number of hydrogen-bond donors (Lipinski definition) is 0. The number of allylic oxidation sites excluding steroid dienone is 1. The van der Waals surface area contributed by atoms with Crippen molar-refractivity contribution in [3.63, 3.8) is 0 Å². The minimum atomic E-state index is -0.110. The van der Waals surface area contributed by atoms with E-state index in [2.05, 4.69) is 0 Å². The van der Waals surface area contributed by atoms with E-state index in [4.69, 9.17) is 9.73 Å². The first kappa shape index (κ1) is 17.2. The van der Waals surface area contributed by atoms with Gasteiger partial charge in [-0.15, -0.1) is 0 Å². The van der Waals surface area contributed by atoms with E-state index in [9.17, 15) is 4.79 Å². The van der Waals surface area contributed by atoms with Crippen molar-refractivity contribution in [3.8, 4) is 5.75 Å². The molecule has 1 aromatic carbocycles. The lowest BCUT2D eigenvalue weighted by Crippen LogP contribution is -2.27. The van der Waals surface area contributed by atoms with Crippen molar-refractivity contribution in [2.75, 3.05) is 7.11 Å². The molecule has 0 amide bonds. The fourth-order valence-electron chi connectivity index (χ4n) is 3.17. The van der Waals surface area contributed by atoms with Gasteiger partial charge in [-0.25, -0.2) is 0 Å². The van der Waals surface area contributed by atoms with Crippen LogP contribution in [0.25, 0.3) is 6.08 Å². The maximum absolute atomic E-state index is 12.7. The molecule has 3 rings (SSSR count). The van der Waals surface area contributed by atoms with Gasteiger partial charge in [-0.3, -0.25) is 14.4 Å². The zero-order valence-electron chi connectivity index (χ0n) is 14.6. The molecule has 0 unspecified atom stereocenters. The highest BCUT2D eigenvalue weighted by Gasteiger charge is 2.12. The Morgan fingerprint density at radius 2 is 1.88 bits per heavy atom. The fourth-order valence-corrected chi connectivity index (χ4v) is 3.17. The number of ether oxygens (including phenoxy) is 1. The van der Waals surface area contributed by atoms with Gasteiger partial charge in [-0.2, -0.15) is 0 Å². The predicted molar refractivity (Wildman–Crippen MR) is 99.5 cm³/mol. The van der Waals surface area contributed by atoms with Crippen LogP contribution in [0.4, 0.5) is 0 Å². The van der Waals surface area contributed by atoms with Gasteiger partial charge in [0.25, 0.3) is 5.91 Å². The summed E-state index contributed by atoms with van der Waals surface area (Å²) < 4.78 is 6.93. The third-order valence-corrected chi connectivity index (χ3v) is 4.51. The Hall–Kier alpha value is -2.62. The van der Waals surface area contributed by atoms with Crippen LogP contribution in [0.5, 0.6) is 5.75 Å². The number of carbonyl (C=O) groups excluding carboxylic acids is 1. The molecular weight excluding hydrogens is 312 g/mol. The molecule has 4 heteroatoms. The summed E-state index contributed by atoms with van der Waals surface area (Å²) in [5, 5.41) is 0. The van der Waals surface area contributed by atoms with Gasteiger partial charge in [0.1, 0.15) is 11.2 Å². The van der Waals surface area contributed by atoms with E-state index in [0.29, 0.717) is 6.04 Å². The van der Waals surface area contributed by atoms with Crippen molar-refractivity contribution in [2.24, 2.45) is 4.99 Å². The van der Waals surface area contributed by atoms with Crippen LogP contribution in [-0.2, 0) is 0 Å². The molecule has 1 aromatic heterocycles. The molecule has 0 spiro atoms. The Kier molecular flexibility index (Phi) is 5.83. The number of benzene rings is 1. The van der Waals surface area contributed by atoms with E-state index in [1.807, 2.05) is 42.5 Å². The van der Waals surface area contributed by atoms with Gasteiger partial charge < -0.3 is 4.74 Å². The SMILES string of the molecule is COc1ccccc1/C=C/C(=O)n1ccccc1=NC1CCCCC1. The van der Waals surface area contributed by atoms with Crippen LogP contribution < -0.4 is 10.2 Å². The molecule has 0 atom stereocenters. The summed E-state index contributed by atoms with van der Waals surface area (Å²) in [5.41, 5.74) is 1.60. The van der Waals surface area contributed by atoms with Crippen LogP contribution in [0.15, 0.2) is 59.7 Å². The van der Waals surface area contributed by atoms with Crippen LogP contribution in [-0.4, -0.2) is 23.6 Å².